The summed E-state index contributed by atoms with van der Waals surface area (Å²) in [7, 11) is 0. The molecule has 0 radical (unpaired) electrons. The van der Waals surface area contributed by atoms with Crippen LogP contribution in [-0.4, -0.2) is 29.3 Å². The average molecular weight is 211 g/mol. The fraction of sp³-hybridized carbons (Fsp3) is 0.800. The van der Waals surface area contributed by atoms with Gasteiger partial charge in [-0.2, -0.15) is 4.98 Å². The number of rotatable bonds is 5. The zero-order chi connectivity index (χ0) is 10.5. The topological polar surface area (TPSA) is 60.2 Å². The van der Waals surface area contributed by atoms with Crippen LogP contribution >= 0.6 is 0 Å². The first kappa shape index (κ1) is 10.6. The summed E-state index contributed by atoms with van der Waals surface area (Å²) >= 11 is 0. The van der Waals surface area contributed by atoms with Gasteiger partial charge in [0.1, 0.15) is 6.61 Å². The summed E-state index contributed by atoms with van der Waals surface area (Å²) in [5.74, 6) is 1.36. The molecule has 1 N–H and O–H groups in total. The SMILES string of the molecule is CCOCc1noc(CC2CCCN2)n1. The van der Waals surface area contributed by atoms with Crippen molar-refractivity contribution in [3.05, 3.63) is 11.7 Å². The van der Waals surface area contributed by atoms with Crippen molar-refractivity contribution in [2.24, 2.45) is 0 Å². The molecule has 0 aromatic carbocycles. The molecule has 1 unspecified atom stereocenters. The second-order valence-electron chi connectivity index (χ2n) is 3.74. The van der Waals surface area contributed by atoms with Crippen LogP contribution < -0.4 is 5.32 Å². The van der Waals surface area contributed by atoms with Gasteiger partial charge in [0, 0.05) is 19.1 Å². The molecule has 5 heteroatoms. The van der Waals surface area contributed by atoms with Gasteiger partial charge < -0.3 is 14.6 Å². The van der Waals surface area contributed by atoms with E-state index >= 15 is 0 Å². The molecule has 1 aliphatic heterocycles. The van der Waals surface area contributed by atoms with Crippen molar-refractivity contribution in [1.82, 2.24) is 15.5 Å². The summed E-state index contributed by atoms with van der Waals surface area (Å²) in [5.41, 5.74) is 0. The maximum absolute atomic E-state index is 5.20. The molecule has 1 fully saturated rings. The normalized spacial score (nSPS) is 21.0. The highest BCUT2D eigenvalue weighted by molar-refractivity contribution is 4.90. The quantitative estimate of drug-likeness (QED) is 0.784. The molecule has 0 aliphatic carbocycles. The lowest BCUT2D eigenvalue weighted by Gasteiger charge is -2.04. The standard InChI is InChI=1S/C10H17N3O2/c1-2-14-7-9-12-10(15-13-9)6-8-4-3-5-11-8/h8,11H,2-7H2,1H3. The molecule has 0 amide bonds. The van der Waals surface area contributed by atoms with Crippen LogP contribution in [0.4, 0.5) is 0 Å². The van der Waals surface area contributed by atoms with E-state index in [-0.39, 0.29) is 0 Å². The molecule has 1 atom stereocenters. The Morgan fingerprint density at radius 3 is 3.27 bits per heavy atom. The van der Waals surface area contributed by atoms with Crippen LogP contribution in [0.2, 0.25) is 0 Å². The Labute approximate surface area is 89.2 Å². The summed E-state index contributed by atoms with van der Waals surface area (Å²) in [4.78, 5) is 4.27. The van der Waals surface area contributed by atoms with Crippen LogP contribution in [0.5, 0.6) is 0 Å². The molecule has 1 aromatic rings. The van der Waals surface area contributed by atoms with Crippen LogP contribution in [0.3, 0.4) is 0 Å². The molecular formula is C10H17N3O2. The van der Waals surface area contributed by atoms with Gasteiger partial charge in [-0.25, -0.2) is 0 Å². The molecule has 1 aromatic heterocycles. The molecule has 84 valence electrons. The zero-order valence-corrected chi connectivity index (χ0v) is 9.03. The maximum Gasteiger partial charge on any atom is 0.228 e. The number of aromatic nitrogens is 2. The first-order chi connectivity index (χ1) is 7.38. The first-order valence-electron chi connectivity index (χ1n) is 5.51. The lowest BCUT2D eigenvalue weighted by atomic mass is 10.2. The lowest BCUT2D eigenvalue weighted by Crippen LogP contribution is -2.23. The minimum atomic E-state index is 0.443. The van der Waals surface area contributed by atoms with E-state index in [1.165, 1.54) is 12.8 Å². The largest absolute Gasteiger partial charge is 0.374 e. The Hall–Kier alpha value is -0.940. The summed E-state index contributed by atoms with van der Waals surface area (Å²) < 4.78 is 10.3. The fourth-order valence-electron chi connectivity index (χ4n) is 1.77. The number of hydrogen-bond acceptors (Lipinski definition) is 5. The summed E-state index contributed by atoms with van der Waals surface area (Å²) in [6, 6.07) is 0.505. The zero-order valence-electron chi connectivity index (χ0n) is 9.03. The minimum Gasteiger partial charge on any atom is -0.374 e. The third kappa shape index (κ3) is 3.00. The van der Waals surface area contributed by atoms with E-state index < -0.39 is 0 Å². The monoisotopic (exact) mass is 211 g/mol. The Bertz CT molecular complexity index is 295. The van der Waals surface area contributed by atoms with Gasteiger partial charge in [-0.15, -0.1) is 0 Å². The van der Waals surface area contributed by atoms with Gasteiger partial charge in [0.15, 0.2) is 5.82 Å². The molecule has 0 saturated carbocycles. The van der Waals surface area contributed by atoms with E-state index in [9.17, 15) is 0 Å². The van der Waals surface area contributed by atoms with Crippen molar-refractivity contribution in [3.63, 3.8) is 0 Å². The van der Waals surface area contributed by atoms with Crippen molar-refractivity contribution >= 4 is 0 Å². The Balaban J connectivity index is 1.83. The van der Waals surface area contributed by atoms with Crippen molar-refractivity contribution in [2.75, 3.05) is 13.2 Å². The van der Waals surface area contributed by atoms with E-state index in [0.717, 1.165) is 13.0 Å². The van der Waals surface area contributed by atoms with E-state index in [1.807, 2.05) is 6.92 Å². The van der Waals surface area contributed by atoms with Crippen LogP contribution in [0.15, 0.2) is 4.52 Å². The third-order valence-electron chi connectivity index (χ3n) is 2.53. The Kier molecular flexibility index (Phi) is 3.69. The van der Waals surface area contributed by atoms with Crippen molar-refractivity contribution in [2.45, 2.75) is 38.8 Å². The van der Waals surface area contributed by atoms with Gasteiger partial charge in [-0.1, -0.05) is 5.16 Å². The Morgan fingerprint density at radius 2 is 2.53 bits per heavy atom. The Morgan fingerprint density at radius 1 is 1.60 bits per heavy atom. The predicted octanol–water partition coefficient (Wildman–Crippen LogP) is 0.901. The van der Waals surface area contributed by atoms with Gasteiger partial charge in [0.05, 0.1) is 0 Å². The first-order valence-corrected chi connectivity index (χ1v) is 5.51. The van der Waals surface area contributed by atoms with Gasteiger partial charge in [-0.05, 0) is 26.3 Å². The molecule has 1 saturated heterocycles. The van der Waals surface area contributed by atoms with Crippen LogP contribution in [0.1, 0.15) is 31.5 Å². The highest BCUT2D eigenvalue weighted by atomic mass is 16.5. The summed E-state index contributed by atoms with van der Waals surface area (Å²) in [6.07, 6.45) is 3.27. The van der Waals surface area contributed by atoms with Crippen molar-refractivity contribution in [1.29, 1.82) is 0 Å². The smallest absolute Gasteiger partial charge is 0.228 e. The molecule has 1 aliphatic rings. The number of nitrogens with one attached hydrogen (secondary N) is 1. The van der Waals surface area contributed by atoms with Gasteiger partial charge >= 0.3 is 0 Å². The van der Waals surface area contributed by atoms with Crippen LogP contribution in [0.25, 0.3) is 0 Å². The van der Waals surface area contributed by atoms with Crippen LogP contribution in [-0.2, 0) is 17.8 Å². The van der Waals surface area contributed by atoms with E-state index in [4.69, 9.17) is 9.26 Å². The average Bonchev–Trinajstić information content (AvgIpc) is 2.87. The molecule has 2 rings (SSSR count). The molecule has 2 heterocycles. The second kappa shape index (κ2) is 5.23. The third-order valence-corrected chi connectivity index (χ3v) is 2.53. The van der Waals surface area contributed by atoms with Gasteiger partial charge in [0.2, 0.25) is 5.89 Å². The molecule has 0 spiro atoms. The summed E-state index contributed by atoms with van der Waals surface area (Å²) in [5, 5.41) is 7.26. The van der Waals surface area contributed by atoms with E-state index in [1.54, 1.807) is 0 Å². The number of nitrogens with zero attached hydrogens (tertiary/aromatic N) is 2. The molecule has 5 nitrogen and oxygen atoms in total. The van der Waals surface area contributed by atoms with Crippen molar-refractivity contribution < 1.29 is 9.26 Å². The molecule has 15 heavy (non-hydrogen) atoms. The van der Waals surface area contributed by atoms with Gasteiger partial charge in [-0.3, -0.25) is 0 Å². The molecular weight excluding hydrogens is 194 g/mol. The highest BCUT2D eigenvalue weighted by Gasteiger charge is 2.17. The lowest BCUT2D eigenvalue weighted by molar-refractivity contribution is 0.126. The summed E-state index contributed by atoms with van der Waals surface area (Å²) in [6.45, 7) is 4.17. The van der Waals surface area contributed by atoms with E-state index in [2.05, 4.69) is 15.5 Å². The molecule has 0 bridgehead atoms. The number of ether oxygens (including phenoxy) is 1. The van der Waals surface area contributed by atoms with Crippen molar-refractivity contribution in [3.8, 4) is 0 Å². The second-order valence-corrected chi connectivity index (χ2v) is 3.74. The predicted molar refractivity (Wildman–Crippen MR) is 54.4 cm³/mol. The highest BCUT2D eigenvalue weighted by Crippen LogP contribution is 2.10. The number of hydrogen-bond donors (Lipinski definition) is 1. The maximum atomic E-state index is 5.20. The van der Waals surface area contributed by atoms with Gasteiger partial charge in [0.25, 0.3) is 0 Å². The van der Waals surface area contributed by atoms with E-state index in [0.29, 0.717) is 31.0 Å². The minimum absolute atomic E-state index is 0.443. The van der Waals surface area contributed by atoms with Crippen LogP contribution in [0, 0.1) is 0 Å². The fourth-order valence-corrected chi connectivity index (χ4v) is 1.77.